The van der Waals surface area contributed by atoms with E-state index in [1.807, 2.05) is 37.7 Å². The molecule has 0 amide bonds. The van der Waals surface area contributed by atoms with Gasteiger partial charge in [0, 0.05) is 19.5 Å². The molecule has 0 saturated heterocycles. The fraction of sp³-hybridized carbons (Fsp3) is 0.364. The highest BCUT2D eigenvalue weighted by Gasteiger charge is 2.08. The summed E-state index contributed by atoms with van der Waals surface area (Å²) in [4.78, 5) is 8.72. The van der Waals surface area contributed by atoms with E-state index in [4.69, 9.17) is 5.84 Å². The van der Waals surface area contributed by atoms with Gasteiger partial charge in [-0.15, -0.1) is 0 Å². The maximum Gasteiger partial charge on any atom is 0.144 e. The molecule has 0 aliphatic carbocycles. The molecule has 0 aliphatic rings. The van der Waals surface area contributed by atoms with Gasteiger partial charge < -0.3 is 5.43 Å². The van der Waals surface area contributed by atoms with Crippen molar-refractivity contribution >= 4 is 17.6 Å². The lowest BCUT2D eigenvalue weighted by Crippen LogP contribution is -2.10. The number of nitrogens with zero attached hydrogens (tertiary/aromatic N) is 4. The Hall–Kier alpha value is -1.60. The minimum Gasteiger partial charge on any atom is -0.308 e. The van der Waals surface area contributed by atoms with E-state index in [0.717, 1.165) is 28.0 Å². The minimum absolute atomic E-state index is 0.628. The zero-order valence-electron chi connectivity index (χ0n) is 10.6. The molecule has 0 saturated carbocycles. The third kappa shape index (κ3) is 2.80. The first-order valence-corrected chi connectivity index (χ1v) is 6.47. The van der Waals surface area contributed by atoms with Gasteiger partial charge >= 0.3 is 0 Å². The first-order chi connectivity index (χ1) is 8.62. The monoisotopic (exact) mass is 264 g/mol. The van der Waals surface area contributed by atoms with Crippen LogP contribution in [0.3, 0.4) is 0 Å². The number of nitrogens with two attached hydrogens (primary N) is 1. The second kappa shape index (κ2) is 5.36. The summed E-state index contributed by atoms with van der Waals surface area (Å²) >= 11 is 1.55. The van der Waals surface area contributed by atoms with Crippen LogP contribution in [-0.2, 0) is 13.5 Å². The molecule has 18 heavy (non-hydrogen) atoms. The van der Waals surface area contributed by atoms with Crippen molar-refractivity contribution in [3.63, 3.8) is 0 Å². The van der Waals surface area contributed by atoms with Crippen LogP contribution >= 0.6 is 11.8 Å². The highest BCUT2D eigenvalue weighted by Crippen LogP contribution is 2.27. The third-order valence-electron chi connectivity index (χ3n) is 2.38. The van der Waals surface area contributed by atoms with Crippen molar-refractivity contribution in [3.05, 3.63) is 23.7 Å². The summed E-state index contributed by atoms with van der Waals surface area (Å²) in [6, 6.07) is 3.85. The summed E-state index contributed by atoms with van der Waals surface area (Å²) in [6.45, 7) is 3.98. The molecule has 0 atom stereocenters. The van der Waals surface area contributed by atoms with E-state index >= 15 is 0 Å². The first-order valence-electron chi connectivity index (χ1n) is 5.65. The number of nitrogens with one attached hydrogen (secondary N) is 1. The van der Waals surface area contributed by atoms with Gasteiger partial charge in [-0.05, 0) is 13.0 Å². The maximum atomic E-state index is 5.40. The molecule has 0 bridgehead atoms. The highest BCUT2D eigenvalue weighted by molar-refractivity contribution is 7.99. The summed E-state index contributed by atoms with van der Waals surface area (Å²) in [5, 5.41) is 6.20. The molecule has 0 spiro atoms. The Balaban J connectivity index is 2.30. The lowest BCUT2D eigenvalue weighted by atomic mass is 10.4. The van der Waals surface area contributed by atoms with Crippen LogP contribution in [0.1, 0.15) is 18.4 Å². The SMILES string of the molecule is CCc1nc(NN)cc(Sc2cc(C)nn2C)n1. The van der Waals surface area contributed by atoms with Gasteiger partial charge in [-0.2, -0.15) is 5.10 Å². The number of aryl methyl sites for hydroxylation is 3. The van der Waals surface area contributed by atoms with E-state index in [-0.39, 0.29) is 0 Å². The lowest BCUT2D eigenvalue weighted by molar-refractivity contribution is 0.691. The topological polar surface area (TPSA) is 81.6 Å². The van der Waals surface area contributed by atoms with Crippen LogP contribution < -0.4 is 11.3 Å². The Morgan fingerprint density at radius 3 is 2.72 bits per heavy atom. The van der Waals surface area contributed by atoms with Crippen LogP contribution in [0.5, 0.6) is 0 Å². The predicted molar refractivity (Wildman–Crippen MR) is 71.3 cm³/mol. The van der Waals surface area contributed by atoms with E-state index in [1.165, 1.54) is 0 Å². The van der Waals surface area contributed by atoms with Gasteiger partial charge in [0.05, 0.1) is 5.69 Å². The van der Waals surface area contributed by atoms with E-state index in [0.29, 0.717) is 5.82 Å². The molecule has 2 heterocycles. The maximum absolute atomic E-state index is 5.40. The van der Waals surface area contributed by atoms with Crippen molar-refractivity contribution in [2.75, 3.05) is 5.43 Å². The fourth-order valence-electron chi connectivity index (χ4n) is 1.55. The van der Waals surface area contributed by atoms with E-state index in [2.05, 4.69) is 20.5 Å². The number of anilines is 1. The van der Waals surface area contributed by atoms with Crippen molar-refractivity contribution in [3.8, 4) is 0 Å². The molecule has 0 aliphatic heterocycles. The van der Waals surface area contributed by atoms with Crippen molar-refractivity contribution in [1.29, 1.82) is 0 Å². The number of hydrazine groups is 1. The zero-order chi connectivity index (χ0) is 13.1. The van der Waals surface area contributed by atoms with Gasteiger partial charge in [0.25, 0.3) is 0 Å². The molecular formula is C11H16N6S. The summed E-state index contributed by atoms with van der Waals surface area (Å²) < 4.78 is 1.84. The molecule has 0 radical (unpaired) electrons. The second-order valence-electron chi connectivity index (χ2n) is 3.86. The summed E-state index contributed by atoms with van der Waals surface area (Å²) in [5.74, 6) is 6.80. The van der Waals surface area contributed by atoms with Crippen molar-refractivity contribution < 1.29 is 0 Å². The van der Waals surface area contributed by atoms with Gasteiger partial charge in [0.2, 0.25) is 0 Å². The quantitative estimate of drug-likeness (QED) is 0.495. The molecular weight excluding hydrogens is 248 g/mol. The number of hydrogen-bond acceptors (Lipinski definition) is 6. The molecule has 0 fully saturated rings. The molecule has 2 aromatic heterocycles. The van der Waals surface area contributed by atoms with Crippen molar-refractivity contribution in [2.24, 2.45) is 12.9 Å². The van der Waals surface area contributed by atoms with Crippen LogP contribution in [0.25, 0.3) is 0 Å². The number of rotatable bonds is 4. The van der Waals surface area contributed by atoms with Gasteiger partial charge in [-0.1, -0.05) is 18.7 Å². The third-order valence-corrected chi connectivity index (χ3v) is 3.39. The van der Waals surface area contributed by atoms with Crippen LogP contribution in [-0.4, -0.2) is 19.7 Å². The smallest absolute Gasteiger partial charge is 0.144 e. The van der Waals surface area contributed by atoms with Gasteiger partial charge in [-0.25, -0.2) is 15.8 Å². The van der Waals surface area contributed by atoms with Crippen molar-refractivity contribution in [1.82, 2.24) is 19.7 Å². The minimum atomic E-state index is 0.628. The Morgan fingerprint density at radius 2 is 2.17 bits per heavy atom. The lowest BCUT2D eigenvalue weighted by Gasteiger charge is -2.06. The van der Waals surface area contributed by atoms with E-state index < -0.39 is 0 Å². The van der Waals surface area contributed by atoms with Gasteiger partial charge in [-0.3, -0.25) is 4.68 Å². The molecule has 6 nitrogen and oxygen atoms in total. The summed E-state index contributed by atoms with van der Waals surface area (Å²) in [5.41, 5.74) is 3.55. The number of hydrogen-bond donors (Lipinski definition) is 2. The largest absolute Gasteiger partial charge is 0.308 e. The molecule has 96 valence electrons. The van der Waals surface area contributed by atoms with E-state index in [9.17, 15) is 0 Å². The van der Waals surface area contributed by atoms with Crippen LogP contribution in [0.4, 0.5) is 5.82 Å². The molecule has 2 aromatic rings. The Morgan fingerprint density at radius 1 is 1.39 bits per heavy atom. The van der Waals surface area contributed by atoms with Crippen LogP contribution in [0.15, 0.2) is 22.2 Å². The summed E-state index contributed by atoms with van der Waals surface area (Å²) in [7, 11) is 1.92. The van der Waals surface area contributed by atoms with Gasteiger partial charge in [0.1, 0.15) is 21.7 Å². The molecule has 0 aromatic carbocycles. The molecule has 2 rings (SSSR count). The highest BCUT2D eigenvalue weighted by atomic mass is 32.2. The Kier molecular flexibility index (Phi) is 3.83. The van der Waals surface area contributed by atoms with Crippen molar-refractivity contribution in [2.45, 2.75) is 30.3 Å². The standard InChI is InChI=1S/C11H16N6S/c1-4-8-13-9(15-12)6-10(14-8)18-11-5-7(2)16-17(11)3/h5-6H,4,12H2,1-3H3,(H,13,14,15). The Bertz CT molecular complexity index is 528. The average Bonchev–Trinajstić information content (AvgIpc) is 2.67. The van der Waals surface area contributed by atoms with E-state index in [1.54, 1.807) is 11.8 Å². The molecule has 3 N–H and O–H groups in total. The number of aromatic nitrogens is 4. The zero-order valence-corrected chi connectivity index (χ0v) is 11.5. The number of nitrogen functional groups attached to an aromatic ring is 1. The fourth-order valence-corrected chi connectivity index (χ4v) is 2.48. The molecule has 0 unspecified atom stereocenters. The van der Waals surface area contributed by atoms with Gasteiger partial charge in [0.15, 0.2) is 0 Å². The Labute approximate surface area is 110 Å². The van der Waals surface area contributed by atoms with Crippen LogP contribution in [0.2, 0.25) is 0 Å². The average molecular weight is 264 g/mol. The first kappa shape index (κ1) is 12.8. The summed E-state index contributed by atoms with van der Waals surface area (Å²) in [6.07, 6.45) is 0.771. The second-order valence-corrected chi connectivity index (χ2v) is 4.90. The normalized spacial score (nSPS) is 10.7. The van der Waals surface area contributed by atoms with Crippen LogP contribution in [0, 0.1) is 6.92 Å². The predicted octanol–water partition coefficient (Wildman–Crippen LogP) is 1.52. The molecule has 7 heteroatoms.